The number of benzene rings is 2. The van der Waals surface area contributed by atoms with Gasteiger partial charge >= 0.3 is 0 Å². The summed E-state index contributed by atoms with van der Waals surface area (Å²) < 4.78 is 19.0. The summed E-state index contributed by atoms with van der Waals surface area (Å²) in [7, 11) is 3.43. The number of hydrogen-bond acceptors (Lipinski definition) is 3. The van der Waals surface area contributed by atoms with Gasteiger partial charge < -0.3 is 10.5 Å². The van der Waals surface area contributed by atoms with Crippen LogP contribution in [0, 0.1) is 5.82 Å². The van der Waals surface area contributed by atoms with Crippen molar-refractivity contribution in [1.82, 2.24) is 4.90 Å². The molecule has 0 heterocycles. The van der Waals surface area contributed by atoms with E-state index in [-0.39, 0.29) is 11.6 Å². The first-order valence-corrected chi connectivity index (χ1v) is 6.44. The average Bonchev–Trinajstić information content (AvgIpc) is 2.44. The van der Waals surface area contributed by atoms with Crippen LogP contribution in [0.2, 0.25) is 0 Å². The first kappa shape index (κ1) is 14.3. The van der Waals surface area contributed by atoms with Crippen LogP contribution in [0.15, 0.2) is 42.5 Å². The molecule has 4 heteroatoms. The Balaban J connectivity index is 2.04. The van der Waals surface area contributed by atoms with Crippen LogP contribution in [-0.2, 0) is 13.1 Å². The van der Waals surface area contributed by atoms with Crippen LogP contribution >= 0.6 is 0 Å². The third-order valence-electron chi connectivity index (χ3n) is 3.14. The minimum Gasteiger partial charge on any atom is -0.494 e. The van der Waals surface area contributed by atoms with Gasteiger partial charge in [-0.2, -0.15) is 0 Å². The van der Waals surface area contributed by atoms with Crippen LogP contribution < -0.4 is 10.5 Å². The molecule has 0 amide bonds. The average molecular weight is 274 g/mol. The molecule has 0 aliphatic rings. The molecule has 0 radical (unpaired) electrons. The Hall–Kier alpha value is -2.07. The normalized spacial score (nSPS) is 10.8. The SMILES string of the molecule is COc1cccc(CN(C)Cc2ccc(N)cc2)c1F. The fourth-order valence-electron chi connectivity index (χ4n) is 2.12. The molecule has 20 heavy (non-hydrogen) atoms. The number of ether oxygens (including phenoxy) is 1. The second kappa shape index (κ2) is 6.39. The molecule has 0 aromatic heterocycles. The summed E-state index contributed by atoms with van der Waals surface area (Å²) in [6.07, 6.45) is 0. The van der Waals surface area contributed by atoms with E-state index in [1.54, 1.807) is 18.2 Å². The number of methoxy groups -OCH3 is 1. The van der Waals surface area contributed by atoms with Crippen molar-refractivity contribution in [2.24, 2.45) is 0 Å². The summed E-state index contributed by atoms with van der Waals surface area (Å²) in [5.41, 5.74) is 8.17. The molecule has 0 saturated heterocycles. The standard InChI is InChI=1S/C16H19FN2O/c1-19(10-12-6-8-14(18)9-7-12)11-13-4-3-5-15(20-2)16(13)17/h3-9H,10-11,18H2,1-2H3. The van der Waals surface area contributed by atoms with Gasteiger partial charge in [0.15, 0.2) is 11.6 Å². The highest BCUT2D eigenvalue weighted by Crippen LogP contribution is 2.21. The van der Waals surface area contributed by atoms with E-state index in [4.69, 9.17) is 10.5 Å². The van der Waals surface area contributed by atoms with Crippen molar-refractivity contribution in [3.8, 4) is 5.75 Å². The number of rotatable bonds is 5. The minimum absolute atomic E-state index is 0.281. The third kappa shape index (κ3) is 3.48. The van der Waals surface area contributed by atoms with Gasteiger partial charge in [-0.1, -0.05) is 24.3 Å². The lowest BCUT2D eigenvalue weighted by Crippen LogP contribution is -2.18. The largest absolute Gasteiger partial charge is 0.494 e. The molecule has 0 saturated carbocycles. The molecule has 0 aliphatic carbocycles. The van der Waals surface area contributed by atoms with Crippen LogP contribution in [0.4, 0.5) is 10.1 Å². The molecule has 2 aromatic rings. The third-order valence-corrected chi connectivity index (χ3v) is 3.14. The van der Waals surface area contributed by atoms with Gasteiger partial charge in [0.2, 0.25) is 0 Å². The van der Waals surface area contributed by atoms with E-state index < -0.39 is 0 Å². The molecule has 0 spiro atoms. The second-order valence-corrected chi connectivity index (χ2v) is 4.85. The lowest BCUT2D eigenvalue weighted by atomic mass is 10.1. The molecule has 2 rings (SSSR count). The van der Waals surface area contributed by atoms with Crippen molar-refractivity contribution in [2.75, 3.05) is 19.9 Å². The zero-order valence-corrected chi connectivity index (χ0v) is 11.8. The Morgan fingerprint density at radius 1 is 1.10 bits per heavy atom. The Labute approximate surface area is 118 Å². The summed E-state index contributed by atoms with van der Waals surface area (Å²) in [6.45, 7) is 1.25. The minimum atomic E-state index is -0.292. The molecule has 0 aliphatic heterocycles. The Bertz CT molecular complexity index is 569. The lowest BCUT2D eigenvalue weighted by molar-refractivity contribution is 0.309. The Morgan fingerprint density at radius 3 is 2.45 bits per heavy atom. The summed E-state index contributed by atoms with van der Waals surface area (Å²) in [6, 6.07) is 12.9. The van der Waals surface area contributed by atoms with Crippen molar-refractivity contribution in [2.45, 2.75) is 13.1 Å². The number of nitrogens with two attached hydrogens (primary N) is 1. The van der Waals surface area contributed by atoms with Crippen LogP contribution in [0.1, 0.15) is 11.1 Å². The van der Waals surface area contributed by atoms with Gasteiger partial charge in [0.1, 0.15) is 0 Å². The second-order valence-electron chi connectivity index (χ2n) is 4.85. The predicted octanol–water partition coefficient (Wildman–Crippen LogP) is 3.05. The van der Waals surface area contributed by atoms with Crippen molar-refractivity contribution in [3.63, 3.8) is 0 Å². The zero-order chi connectivity index (χ0) is 14.5. The maximum absolute atomic E-state index is 14.1. The van der Waals surface area contributed by atoms with E-state index in [1.165, 1.54) is 7.11 Å². The van der Waals surface area contributed by atoms with Crippen molar-refractivity contribution >= 4 is 5.69 Å². The molecule has 0 bridgehead atoms. The molecule has 0 atom stereocenters. The highest BCUT2D eigenvalue weighted by molar-refractivity contribution is 5.39. The van der Waals surface area contributed by atoms with E-state index in [2.05, 4.69) is 0 Å². The van der Waals surface area contributed by atoms with Gasteiger partial charge in [0, 0.05) is 24.3 Å². The van der Waals surface area contributed by atoms with E-state index in [0.717, 1.165) is 17.8 Å². The van der Waals surface area contributed by atoms with E-state index >= 15 is 0 Å². The predicted molar refractivity (Wildman–Crippen MR) is 79.0 cm³/mol. The number of nitrogens with zero attached hydrogens (tertiary/aromatic N) is 1. The quantitative estimate of drug-likeness (QED) is 0.852. The fraction of sp³-hybridized carbons (Fsp3) is 0.250. The van der Waals surface area contributed by atoms with Crippen LogP contribution in [-0.4, -0.2) is 19.1 Å². The number of halogens is 1. The molecule has 106 valence electrons. The van der Waals surface area contributed by atoms with Gasteiger partial charge in [-0.15, -0.1) is 0 Å². The van der Waals surface area contributed by atoms with E-state index in [9.17, 15) is 4.39 Å². The summed E-state index contributed by atoms with van der Waals surface area (Å²) in [4.78, 5) is 2.05. The highest BCUT2D eigenvalue weighted by atomic mass is 19.1. The topological polar surface area (TPSA) is 38.5 Å². The zero-order valence-electron chi connectivity index (χ0n) is 11.8. The molecule has 0 unspecified atom stereocenters. The molecule has 2 N–H and O–H groups in total. The van der Waals surface area contributed by atoms with Crippen molar-refractivity contribution < 1.29 is 9.13 Å². The maximum Gasteiger partial charge on any atom is 0.169 e. The monoisotopic (exact) mass is 274 g/mol. The van der Waals surface area contributed by atoms with Crippen molar-refractivity contribution in [1.29, 1.82) is 0 Å². The van der Waals surface area contributed by atoms with E-state index in [0.29, 0.717) is 12.1 Å². The first-order chi connectivity index (χ1) is 9.60. The molecule has 0 fully saturated rings. The number of hydrogen-bond donors (Lipinski definition) is 1. The van der Waals surface area contributed by atoms with Gasteiger partial charge in [0.25, 0.3) is 0 Å². The molecular weight excluding hydrogens is 255 g/mol. The number of nitrogen functional groups attached to an aromatic ring is 1. The summed E-state index contributed by atoms with van der Waals surface area (Å²) in [5.74, 6) is -0.0115. The smallest absolute Gasteiger partial charge is 0.169 e. The fourth-order valence-corrected chi connectivity index (χ4v) is 2.12. The lowest BCUT2D eigenvalue weighted by Gasteiger charge is -2.18. The van der Waals surface area contributed by atoms with Crippen LogP contribution in [0.25, 0.3) is 0 Å². The summed E-state index contributed by atoms with van der Waals surface area (Å²) in [5, 5.41) is 0. The Kier molecular flexibility index (Phi) is 4.58. The Morgan fingerprint density at radius 2 is 1.80 bits per heavy atom. The van der Waals surface area contributed by atoms with Gasteiger partial charge in [0.05, 0.1) is 7.11 Å². The highest BCUT2D eigenvalue weighted by Gasteiger charge is 2.10. The molecular formula is C16H19FN2O. The number of anilines is 1. The molecule has 2 aromatic carbocycles. The maximum atomic E-state index is 14.1. The van der Waals surface area contributed by atoms with Crippen molar-refractivity contribution in [3.05, 3.63) is 59.4 Å². The van der Waals surface area contributed by atoms with Crippen LogP contribution in [0.3, 0.4) is 0 Å². The van der Waals surface area contributed by atoms with Gasteiger partial charge in [-0.05, 0) is 30.8 Å². The van der Waals surface area contributed by atoms with Gasteiger partial charge in [-0.25, -0.2) is 4.39 Å². The summed E-state index contributed by atoms with van der Waals surface area (Å²) >= 11 is 0. The molecule has 3 nitrogen and oxygen atoms in total. The first-order valence-electron chi connectivity index (χ1n) is 6.44. The van der Waals surface area contributed by atoms with E-state index in [1.807, 2.05) is 36.2 Å². The van der Waals surface area contributed by atoms with Crippen LogP contribution in [0.5, 0.6) is 5.75 Å². The van der Waals surface area contributed by atoms with Gasteiger partial charge in [-0.3, -0.25) is 4.90 Å².